The minimum absolute atomic E-state index is 0. The Morgan fingerprint density at radius 2 is 1.60 bits per heavy atom. The van der Waals surface area contributed by atoms with Gasteiger partial charge < -0.3 is 10.6 Å². The summed E-state index contributed by atoms with van der Waals surface area (Å²) in [5.41, 5.74) is 10.5. The number of rotatable bonds is 6. The summed E-state index contributed by atoms with van der Waals surface area (Å²) in [6.07, 6.45) is 0. The number of likely N-dealkylation sites (N-methyl/N-ethyl adjacent to an activating group) is 1. The van der Waals surface area contributed by atoms with Crippen molar-refractivity contribution >= 4 is 53.1 Å². The highest BCUT2D eigenvalue weighted by atomic mass is 35.5. The van der Waals surface area contributed by atoms with Crippen molar-refractivity contribution in [3.8, 4) is 11.3 Å². The summed E-state index contributed by atoms with van der Waals surface area (Å²) in [6.45, 7) is 6.65. The number of piperazine rings is 1. The monoisotopic (exact) mass is 552 g/mol. The summed E-state index contributed by atoms with van der Waals surface area (Å²) in [4.78, 5) is 22.3. The SMILES string of the molecule is Cc1c(Cl)cccc1-c1cc(CN2CCN(C)CC2)cc(C(C(N)=O)c2c(Cl)cccc2Cl)n1.Cl. The number of nitrogens with two attached hydrogens (primary N) is 1. The van der Waals surface area contributed by atoms with E-state index in [4.69, 9.17) is 45.5 Å². The number of hydrogen-bond acceptors (Lipinski definition) is 4. The zero-order chi connectivity index (χ0) is 24.4. The van der Waals surface area contributed by atoms with Gasteiger partial charge in [-0.1, -0.05) is 53.0 Å². The number of benzene rings is 2. The maximum atomic E-state index is 12.7. The van der Waals surface area contributed by atoms with Crippen LogP contribution in [0.15, 0.2) is 48.5 Å². The number of carbonyl (C=O) groups excluding carboxylic acids is 1. The molecule has 2 N–H and O–H groups in total. The van der Waals surface area contributed by atoms with Crippen molar-refractivity contribution in [3.05, 3.63) is 86.0 Å². The number of aromatic nitrogens is 1. The van der Waals surface area contributed by atoms with E-state index in [-0.39, 0.29) is 12.4 Å². The van der Waals surface area contributed by atoms with E-state index in [2.05, 4.69) is 22.9 Å². The molecule has 0 radical (unpaired) electrons. The van der Waals surface area contributed by atoms with Crippen LogP contribution < -0.4 is 5.73 Å². The van der Waals surface area contributed by atoms with Crippen LogP contribution in [0.2, 0.25) is 15.1 Å². The van der Waals surface area contributed by atoms with Gasteiger partial charge in [0.05, 0.1) is 11.4 Å². The highest BCUT2D eigenvalue weighted by Crippen LogP contribution is 2.37. The van der Waals surface area contributed by atoms with E-state index in [1.165, 1.54) is 0 Å². The van der Waals surface area contributed by atoms with E-state index in [0.717, 1.165) is 55.1 Å². The van der Waals surface area contributed by atoms with E-state index >= 15 is 0 Å². The third-order valence-electron chi connectivity index (χ3n) is 6.32. The molecule has 1 amide bonds. The van der Waals surface area contributed by atoms with Gasteiger partial charge in [-0.25, -0.2) is 0 Å². The van der Waals surface area contributed by atoms with Crippen molar-refractivity contribution in [2.45, 2.75) is 19.4 Å². The van der Waals surface area contributed by atoms with E-state index in [0.29, 0.717) is 26.3 Å². The third kappa shape index (κ3) is 6.29. The molecular formula is C26H28Cl4N4O. The lowest BCUT2D eigenvalue weighted by atomic mass is 9.92. The topological polar surface area (TPSA) is 62.5 Å². The molecule has 9 heteroatoms. The Kier molecular flexibility index (Phi) is 9.44. The van der Waals surface area contributed by atoms with Crippen LogP contribution in [-0.4, -0.2) is 53.9 Å². The summed E-state index contributed by atoms with van der Waals surface area (Å²) in [5.74, 6) is -1.44. The first kappa shape index (κ1) is 27.7. The normalized spacial score (nSPS) is 15.5. The van der Waals surface area contributed by atoms with Crippen LogP contribution in [0.3, 0.4) is 0 Å². The zero-order valence-electron chi connectivity index (χ0n) is 19.6. The fourth-order valence-corrected chi connectivity index (χ4v) is 5.15. The molecule has 1 aliphatic heterocycles. The summed E-state index contributed by atoms with van der Waals surface area (Å²) < 4.78 is 0. The quantitative estimate of drug-likeness (QED) is 0.419. The number of hydrogen-bond donors (Lipinski definition) is 1. The fraction of sp³-hybridized carbons (Fsp3) is 0.308. The smallest absolute Gasteiger partial charge is 0.231 e. The molecule has 1 saturated heterocycles. The lowest BCUT2D eigenvalue weighted by Gasteiger charge is -2.32. The molecule has 1 aliphatic rings. The highest BCUT2D eigenvalue weighted by Gasteiger charge is 2.28. The van der Waals surface area contributed by atoms with Gasteiger partial charge in [-0.2, -0.15) is 0 Å². The second-order valence-corrected chi connectivity index (χ2v) is 9.97. The Balaban J connectivity index is 0.00000342. The fourth-order valence-electron chi connectivity index (χ4n) is 4.36. The van der Waals surface area contributed by atoms with Crippen molar-refractivity contribution in [2.75, 3.05) is 33.2 Å². The predicted molar refractivity (Wildman–Crippen MR) is 147 cm³/mol. The first-order valence-corrected chi connectivity index (χ1v) is 12.3. The van der Waals surface area contributed by atoms with Crippen LogP contribution in [0.4, 0.5) is 0 Å². The molecule has 0 aliphatic carbocycles. The first-order chi connectivity index (χ1) is 16.2. The maximum Gasteiger partial charge on any atom is 0.231 e. The third-order valence-corrected chi connectivity index (χ3v) is 7.39. The number of halogens is 4. The molecule has 2 heterocycles. The molecule has 1 atom stereocenters. The number of nitrogens with zero attached hydrogens (tertiary/aromatic N) is 3. The van der Waals surface area contributed by atoms with Crippen LogP contribution in [0.1, 0.15) is 28.3 Å². The second-order valence-electron chi connectivity index (χ2n) is 8.75. The van der Waals surface area contributed by atoms with Gasteiger partial charge in [-0.15, -0.1) is 12.4 Å². The van der Waals surface area contributed by atoms with Gasteiger partial charge in [0.25, 0.3) is 0 Å². The molecule has 1 aromatic heterocycles. The minimum Gasteiger partial charge on any atom is -0.369 e. The van der Waals surface area contributed by atoms with Gasteiger partial charge in [0, 0.05) is 58.9 Å². The van der Waals surface area contributed by atoms with Crippen LogP contribution in [0.5, 0.6) is 0 Å². The van der Waals surface area contributed by atoms with Crippen LogP contribution in [0.25, 0.3) is 11.3 Å². The molecule has 0 bridgehead atoms. The Bertz CT molecular complexity index is 1190. The average Bonchev–Trinajstić information content (AvgIpc) is 2.79. The first-order valence-electron chi connectivity index (χ1n) is 11.1. The van der Waals surface area contributed by atoms with Crippen molar-refractivity contribution in [1.82, 2.24) is 14.8 Å². The lowest BCUT2D eigenvalue weighted by Crippen LogP contribution is -2.43. The molecular weight excluding hydrogens is 526 g/mol. The molecule has 1 fully saturated rings. The number of amides is 1. The van der Waals surface area contributed by atoms with Gasteiger partial charge in [-0.05, 0) is 55.4 Å². The van der Waals surface area contributed by atoms with Crippen LogP contribution in [0, 0.1) is 6.92 Å². The largest absolute Gasteiger partial charge is 0.369 e. The maximum absolute atomic E-state index is 12.7. The van der Waals surface area contributed by atoms with E-state index < -0.39 is 11.8 Å². The van der Waals surface area contributed by atoms with Gasteiger partial charge in [0.2, 0.25) is 5.91 Å². The molecule has 5 nitrogen and oxygen atoms in total. The summed E-state index contributed by atoms with van der Waals surface area (Å²) in [5, 5.41) is 1.41. The van der Waals surface area contributed by atoms with E-state index in [1.54, 1.807) is 18.2 Å². The molecule has 3 aromatic rings. The lowest BCUT2D eigenvalue weighted by molar-refractivity contribution is -0.118. The molecule has 186 valence electrons. The van der Waals surface area contributed by atoms with Gasteiger partial charge in [0.1, 0.15) is 5.92 Å². The Hall–Kier alpha value is -1.86. The highest BCUT2D eigenvalue weighted by molar-refractivity contribution is 6.36. The standard InChI is InChI=1S/C26H27Cl3N4O.ClH/c1-16-18(5-3-6-19(16)27)22-13-17(15-33-11-9-32(2)10-12-33)14-23(31-22)25(26(30)34)24-20(28)7-4-8-21(24)29;/h3-8,13-14,25H,9-12,15H2,1-2H3,(H2,30,34);1H. The summed E-state index contributed by atoms with van der Waals surface area (Å²) >= 11 is 19.4. The van der Waals surface area contributed by atoms with Crippen molar-refractivity contribution in [3.63, 3.8) is 0 Å². The van der Waals surface area contributed by atoms with Crippen molar-refractivity contribution in [1.29, 1.82) is 0 Å². The number of pyridine rings is 1. The summed E-state index contributed by atoms with van der Waals surface area (Å²) in [7, 11) is 2.13. The Morgan fingerprint density at radius 1 is 1.00 bits per heavy atom. The van der Waals surface area contributed by atoms with Gasteiger partial charge in [0.15, 0.2) is 0 Å². The van der Waals surface area contributed by atoms with Crippen LogP contribution >= 0.6 is 47.2 Å². The molecule has 1 unspecified atom stereocenters. The van der Waals surface area contributed by atoms with E-state index in [1.807, 2.05) is 31.2 Å². The Morgan fingerprint density at radius 3 is 2.23 bits per heavy atom. The number of primary amides is 1. The predicted octanol–water partition coefficient (Wildman–Crippen LogP) is 5.80. The van der Waals surface area contributed by atoms with Crippen molar-refractivity contribution < 1.29 is 4.79 Å². The molecule has 0 spiro atoms. The zero-order valence-corrected chi connectivity index (χ0v) is 22.7. The Labute approximate surface area is 227 Å². The molecule has 4 rings (SSSR count). The molecule has 0 saturated carbocycles. The van der Waals surface area contributed by atoms with Crippen molar-refractivity contribution in [2.24, 2.45) is 5.73 Å². The average molecular weight is 554 g/mol. The number of carbonyl (C=O) groups is 1. The summed E-state index contributed by atoms with van der Waals surface area (Å²) in [6, 6.07) is 14.9. The van der Waals surface area contributed by atoms with Gasteiger partial charge in [-0.3, -0.25) is 14.7 Å². The second kappa shape index (κ2) is 11.9. The van der Waals surface area contributed by atoms with E-state index in [9.17, 15) is 4.79 Å². The minimum atomic E-state index is -0.883. The van der Waals surface area contributed by atoms with Gasteiger partial charge >= 0.3 is 0 Å². The van der Waals surface area contributed by atoms with Crippen LogP contribution in [-0.2, 0) is 11.3 Å². The molecule has 2 aromatic carbocycles. The molecule has 35 heavy (non-hydrogen) atoms.